The van der Waals surface area contributed by atoms with E-state index in [2.05, 4.69) is 83.7 Å². The summed E-state index contributed by atoms with van der Waals surface area (Å²) in [6.45, 7) is 24.1. The normalized spacial score (nSPS) is 32.8. The van der Waals surface area contributed by atoms with Crippen molar-refractivity contribution in [2.45, 2.75) is 52.6 Å². The molecule has 0 atom stereocenters. The summed E-state index contributed by atoms with van der Waals surface area (Å²) in [6.07, 6.45) is 0. The molecule has 0 aliphatic carbocycles. The van der Waals surface area contributed by atoms with Gasteiger partial charge in [0, 0.05) is 63.4 Å². The molecule has 0 saturated carbocycles. The van der Waals surface area contributed by atoms with E-state index in [4.69, 9.17) is 0 Å². The fraction of sp³-hybridized carbons (Fsp3) is 1.00. The SMILES string of the molecule is CN1CCN(P2N(C(C)(C)C)P(N3CCN(C)CC3)N2C(C)(C)C)CC1. The Morgan fingerprint density at radius 2 is 0.769 bits per heavy atom. The molecule has 0 aromatic rings. The molecular formula is C18H40N6P2. The van der Waals surface area contributed by atoms with Crippen LogP contribution in [0.3, 0.4) is 0 Å². The van der Waals surface area contributed by atoms with E-state index in [-0.39, 0.29) is 27.8 Å². The van der Waals surface area contributed by atoms with Crippen LogP contribution in [-0.2, 0) is 0 Å². The lowest BCUT2D eigenvalue weighted by atomic mass is 10.1. The molecule has 8 heteroatoms. The number of hydrogen-bond donors (Lipinski definition) is 0. The van der Waals surface area contributed by atoms with Gasteiger partial charge in [0.05, 0.1) is 0 Å². The highest BCUT2D eigenvalue weighted by Gasteiger charge is 2.60. The van der Waals surface area contributed by atoms with Crippen molar-refractivity contribution in [3.63, 3.8) is 0 Å². The summed E-state index contributed by atoms with van der Waals surface area (Å²) < 4.78 is 11.4. The molecule has 3 saturated heterocycles. The molecule has 3 aliphatic heterocycles. The van der Waals surface area contributed by atoms with Crippen molar-refractivity contribution in [2.24, 2.45) is 0 Å². The van der Waals surface area contributed by atoms with Crippen LogP contribution in [0, 0.1) is 0 Å². The minimum Gasteiger partial charge on any atom is -0.304 e. The van der Waals surface area contributed by atoms with Crippen LogP contribution in [0.5, 0.6) is 0 Å². The lowest BCUT2D eigenvalue weighted by Gasteiger charge is -2.69. The maximum Gasteiger partial charge on any atom is 0.132 e. The van der Waals surface area contributed by atoms with Crippen molar-refractivity contribution in [2.75, 3.05) is 66.5 Å². The van der Waals surface area contributed by atoms with Gasteiger partial charge in [0.25, 0.3) is 0 Å². The smallest absolute Gasteiger partial charge is 0.132 e. The number of piperazine rings is 2. The van der Waals surface area contributed by atoms with Gasteiger partial charge in [0.1, 0.15) is 16.7 Å². The molecule has 3 fully saturated rings. The van der Waals surface area contributed by atoms with E-state index in [0.717, 1.165) is 0 Å². The van der Waals surface area contributed by atoms with Gasteiger partial charge in [-0.3, -0.25) is 9.34 Å². The molecule has 0 unspecified atom stereocenters. The number of rotatable bonds is 2. The highest BCUT2D eigenvalue weighted by molar-refractivity contribution is 7.80. The molecule has 0 aromatic heterocycles. The van der Waals surface area contributed by atoms with Gasteiger partial charge < -0.3 is 9.80 Å². The molecule has 3 rings (SSSR count). The predicted octanol–water partition coefficient (Wildman–Crippen LogP) is 3.15. The number of likely N-dealkylation sites (N-methyl/N-ethyl adjacent to an activating group) is 2. The van der Waals surface area contributed by atoms with Crippen LogP contribution in [-0.4, -0.2) is 106 Å². The topological polar surface area (TPSA) is 19.4 Å². The first-order valence-electron chi connectivity index (χ1n) is 10.1. The summed E-state index contributed by atoms with van der Waals surface area (Å²) in [4.78, 5) is 4.94. The molecule has 0 aromatic carbocycles. The third kappa shape index (κ3) is 4.28. The van der Waals surface area contributed by atoms with Crippen molar-refractivity contribution >= 4 is 16.7 Å². The molecule has 6 nitrogen and oxygen atoms in total. The zero-order chi connectivity index (χ0) is 19.3. The molecule has 0 amide bonds. The van der Waals surface area contributed by atoms with Crippen LogP contribution >= 0.6 is 16.7 Å². The Balaban J connectivity index is 1.86. The van der Waals surface area contributed by atoms with E-state index >= 15 is 0 Å². The third-order valence-electron chi connectivity index (χ3n) is 5.34. The summed E-state index contributed by atoms with van der Waals surface area (Å²) in [7, 11) is 3.78. The predicted molar refractivity (Wildman–Crippen MR) is 115 cm³/mol. The molecule has 0 N–H and O–H groups in total. The lowest BCUT2D eigenvalue weighted by molar-refractivity contribution is 0.167. The number of hydrogen-bond acceptors (Lipinski definition) is 6. The van der Waals surface area contributed by atoms with Crippen LogP contribution < -0.4 is 0 Å². The zero-order valence-corrected chi connectivity index (χ0v) is 20.0. The molecule has 152 valence electrons. The van der Waals surface area contributed by atoms with E-state index in [9.17, 15) is 0 Å². The summed E-state index contributed by atoms with van der Waals surface area (Å²) in [6, 6.07) is 0. The van der Waals surface area contributed by atoms with Crippen LogP contribution in [0.4, 0.5) is 0 Å². The first-order chi connectivity index (χ1) is 12.0. The van der Waals surface area contributed by atoms with E-state index < -0.39 is 0 Å². The standard InChI is InChI=1S/C18H40N6P2/c1-17(2,3)23-25(21-13-9-19(7)10-14-21)24(18(4,5)6)26(23)22-15-11-20(8)12-16-22/h9-16H2,1-8H3. The molecular weight excluding hydrogens is 362 g/mol. The summed E-state index contributed by atoms with van der Waals surface area (Å²) in [5, 5.41) is 0. The first-order valence-corrected chi connectivity index (χ1v) is 12.5. The molecule has 3 heterocycles. The zero-order valence-electron chi connectivity index (χ0n) is 18.2. The summed E-state index contributed by atoms with van der Waals surface area (Å²) >= 11 is 0. The minimum absolute atomic E-state index is 0.214. The highest BCUT2D eigenvalue weighted by Crippen LogP contribution is 2.83. The second-order valence-corrected chi connectivity index (χ2v) is 14.4. The van der Waals surface area contributed by atoms with E-state index in [1.165, 1.54) is 52.4 Å². The second-order valence-electron chi connectivity index (χ2n) is 9.97. The van der Waals surface area contributed by atoms with Crippen LogP contribution in [0.15, 0.2) is 0 Å². The Labute approximate surface area is 164 Å². The van der Waals surface area contributed by atoms with Gasteiger partial charge in [-0.15, -0.1) is 0 Å². The molecule has 3 aliphatic rings. The fourth-order valence-corrected chi connectivity index (χ4v) is 11.2. The minimum atomic E-state index is -0.366. The van der Waals surface area contributed by atoms with Gasteiger partial charge >= 0.3 is 0 Å². The Morgan fingerprint density at radius 3 is 1.00 bits per heavy atom. The van der Waals surface area contributed by atoms with Crippen molar-refractivity contribution in [1.29, 1.82) is 0 Å². The molecule has 0 spiro atoms. The fourth-order valence-electron chi connectivity index (χ4n) is 3.77. The number of nitrogens with zero attached hydrogens (tertiary/aromatic N) is 6. The van der Waals surface area contributed by atoms with Gasteiger partial charge in [-0.25, -0.2) is 8.88 Å². The lowest BCUT2D eigenvalue weighted by Crippen LogP contribution is -2.62. The average molecular weight is 403 g/mol. The Kier molecular flexibility index (Phi) is 6.40. The van der Waals surface area contributed by atoms with Gasteiger partial charge in [0.2, 0.25) is 0 Å². The van der Waals surface area contributed by atoms with E-state index in [0.29, 0.717) is 0 Å². The summed E-state index contributed by atoms with van der Waals surface area (Å²) in [5.41, 5.74) is 0.428. The van der Waals surface area contributed by atoms with Crippen molar-refractivity contribution in [3.05, 3.63) is 0 Å². The van der Waals surface area contributed by atoms with Crippen LogP contribution in [0.25, 0.3) is 0 Å². The van der Waals surface area contributed by atoms with E-state index in [1.807, 2.05) is 0 Å². The van der Waals surface area contributed by atoms with Crippen LogP contribution in [0.1, 0.15) is 41.5 Å². The molecule has 26 heavy (non-hydrogen) atoms. The largest absolute Gasteiger partial charge is 0.304 e. The van der Waals surface area contributed by atoms with Crippen molar-refractivity contribution < 1.29 is 0 Å². The Hall–Kier alpha value is 0.620. The first kappa shape index (κ1) is 21.3. The maximum absolute atomic E-state index is 2.90. The Bertz CT molecular complexity index is 423. The quantitative estimate of drug-likeness (QED) is 0.657. The van der Waals surface area contributed by atoms with Crippen molar-refractivity contribution in [1.82, 2.24) is 28.0 Å². The van der Waals surface area contributed by atoms with Crippen LogP contribution in [0.2, 0.25) is 0 Å². The average Bonchev–Trinajstić information content (AvgIpc) is 2.47. The van der Waals surface area contributed by atoms with Gasteiger partial charge in [-0.1, -0.05) is 0 Å². The summed E-state index contributed by atoms with van der Waals surface area (Å²) in [5.74, 6) is 0. The van der Waals surface area contributed by atoms with Gasteiger partial charge in [-0.2, -0.15) is 0 Å². The van der Waals surface area contributed by atoms with Gasteiger partial charge in [-0.05, 0) is 55.6 Å². The highest BCUT2D eigenvalue weighted by atomic mass is 31.3. The van der Waals surface area contributed by atoms with Crippen molar-refractivity contribution in [3.8, 4) is 0 Å². The maximum atomic E-state index is 2.90. The molecule has 0 bridgehead atoms. The third-order valence-corrected chi connectivity index (χ3v) is 12.8. The second kappa shape index (κ2) is 7.80. The van der Waals surface area contributed by atoms with Gasteiger partial charge in [0.15, 0.2) is 0 Å². The Morgan fingerprint density at radius 1 is 0.500 bits per heavy atom. The monoisotopic (exact) mass is 402 g/mol. The molecule has 0 radical (unpaired) electrons. The van der Waals surface area contributed by atoms with E-state index in [1.54, 1.807) is 0 Å².